The molecule has 0 N–H and O–H groups in total. The monoisotopic (exact) mass is 257 g/mol. The van der Waals surface area contributed by atoms with Crippen molar-refractivity contribution >= 4 is 19.7 Å². The summed E-state index contributed by atoms with van der Waals surface area (Å²) in [7, 11) is 1.43. The molecule has 0 fully saturated rings. The molecule has 86 valence electrons. The summed E-state index contributed by atoms with van der Waals surface area (Å²) in [6, 6.07) is 5.05. The minimum Gasteiger partial charge on any atom is -0.207 e. The van der Waals surface area contributed by atoms with Crippen LogP contribution in [-0.2, 0) is 21.9 Å². The van der Waals surface area contributed by atoms with Crippen molar-refractivity contribution in [1.29, 1.82) is 5.26 Å². The van der Waals surface area contributed by atoms with E-state index in [1.165, 1.54) is 6.07 Å². The molecule has 1 aromatic rings. The SMILES string of the molecule is CCc1ccc(S(=O)(=O)Cl)c(C#N)c1CC. The minimum absolute atomic E-state index is 0.0919. The second kappa shape index (κ2) is 4.86. The maximum Gasteiger partial charge on any atom is 0.262 e. The molecule has 1 rings (SSSR count). The van der Waals surface area contributed by atoms with Crippen LogP contribution in [0.4, 0.5) is 0 Å². The van der Waals surface area contributed by atoms with Crippen molar-refractivity contribution in [2.45, 2.75) is 31.6 Å². The second-order valence-corrected chi connectivity index (χ2v) is 5.87. The predicted molar refractivity (Wildman–Crippen MR) is 63.0 cm³/mol. The molecule has 0 heterocycles. The molecule has 0 aliphatic carbocycles. The third-order valence-electron chi connectivity index (χ3n) is 2.48. The molecule has 0 aromatic heterocycles. The maximum absolute atomic E-state index is 11.3. The predicted octanol–water partition coefficient (Wildman–Crippen LogP) is 2.61. The van der Waals surface area contributed by atoms with Crippen molar-refractivity contribution in [3.05, 3.63) is 28.8 Å². The van der Waals surface area contributed by atoms with E-state index in [1.807, 2.05) is 19.9 Å². The van der Waals surface area contributed by atoms with Crippen LogP contribution in [-0.4, -0.2) is 8.42 Å². The van der Waals surface area contributed by atoms with Crippen LogP contribution in [0.25, 0.3) is 0 Å². The zero-order valence-corrected chi connectivity index (χ0v) is 10.7. The van der Waals surface area contributed by atoms with Crippen LogP contribution in [0, 0.1) is 11.3 Å². The fourth-order valence-corrected chi connectivity index (χ4v) is 2.76. The normalized spacial score (nSPS) is 11.1. The van der Waals surface area contributed by atoms with Gasteiger partial charge in [-0.25, -0.2) is 8.42 Å². The van der Waals surface area contributed by atoms with Gasteiger partial charge in [0.05, 0.1) is 5.56 Å². The van der Waals surface area contributed by atoms with E-state index in [0.717, 1.165) is 17.5 Å². The summed E-state index contributed by atoms with van der Waals surface area (Å²) >= 11 is 0. The quantitative estimate of drug-likeness (QED) is 0.782. The Hall–Kier alpha value is -1.05. The van der Waals surface area contributed by atoms with E-state index in [1.54, 1.807) is 6.07 Å². The largest absolute Gasteiger partial charge is 0.262 e. The first-order valence-electron chi connectivity index (χ1n) is 4.95. The fraction of sp³-hybridized carbons (Fsp3) is 0.364. The van der Waals surface area contributed by atoms with E-state index in [-0.39, 0.29) is 10.5 Å². The number of rotatable bonds is 3. The topological polar surface area (TPSA) is 57.9 Å². The van der Waals surface area contributed by atoms with Crippen molar-refractivity contribution in [3.8, 4) is 6.07 Å². The Bertz CT molecular complexity index is 544. The van der Waals surface area contributed by atoms with Crippen LogP contribution in [0.5, 0.6) is 0 Å². The maximum atomic E-state index is 11.3. The smallest absolute Gasteiger partial charge is 0.207 e. The zero-order chi connectivity index (χ0) is 12.3. The Morgan fingerprint density at radius 1 is 1.31 bits per heavy atom. The van der Waals surface area contributed by atoms with Gasteiger partial charge in [-0.3, -0.25) is 0 Å². The van der Waals surface area contributed by atoms with Gasteiger partial charge < -0.3 is 0 Å². The van der Waals surface area contributed by atoms with Gasteiger partial charge in [-0.2, -0.15) is 5.26 Å². The molecule has 0 amide bonds. The number of hydrogen-bond acceptors (Lipinski definition) is 3. The molecule has 0 saturated heterocycles. The standard InChI is InChI=1S/C11H12ClNO2S/c1-3-8-5-6-11(16(12,14)15)10(7-13)9(8)4-2/h5-6H,3-4H2,1-2H3. The first kappa shape index (κ1) is 13.0. The number of nitrogens with zero attached hydrogens (tertiary/aromatic N) is 1. The lowest BCUT2D eigenvalue weighted by molar-refractivity contribution is 0.609. The average molecular weight is 258 g/mol. The highest BCUT2D eigenvalue weighted by molar-refractivity contribution is 8.13. The molecular weight excluding hydrogens is 246 g/mol. The third-order valence-corrected chi connectivity index (χ3v) is 3.84. The Labute approximate surface area is 100 Å². The van der Waals surface area contributed by atoms with E-state index in [9.17, 15) is 8.42 Å². The summed E-state index contributed by atoms with van der Waals surface area (Å²) in [6.07, 6.45) is 1.38. The highest BCUT2D eigenvalue weighted by Gasteiger charge is 2.19. The second-order valence-electron chi connectivity index (χ2n) is 3.33. The summed E-state index contributed by atoms with van der Waals surface area (Å²) < 4.78 is 22.6. The van der Waals surface area contributed by atoms with Gasteiger partial charge in [0, 0.05) is 10.7 Å². The summed E-state index contributed by atoms with van der Waals surface area (Å²) in [6.45, 7) is 3.85. The van der Waals surface area contributed by atoms with Gasteiger partial charge in [0.25, 0.3) is 9.05 Å². The first-order valence-corrected chi connectivity index (χ1v) is 7.26. The highest BCUT2D eigenvalue weighted by atomic mass is 35.7. The Morgan fingerprint density at radius 2 is 1.94 bits per heavy atom. The van der Waals surface area contributed by atoms with Gasteiger partial charge in [-0.05, 0) is 30.0 Å². The van der Waals surface area contributed by atoms with Gasteiger partial charge in [0.15, 0.2) is 0 Å². The molecule has 0 aliphatic rings. The van der Waals surface area contributed by atoms with Crippen molar-refractivity contribution < 1.29 is 8.42 Å². The highest BCUT2D eigenvalue weighted by Crippen LogP contribution is 2.26. The molecule has 1 aromatic carbocycles. The van der Waals surface area contributed by atoms with Crippen LogP contribution in [0.15, 0.2) is 17.0 Å². The van der Waals surface area contributed by atoms with Gasteiger partial charge in [0.1, 0.15) is 11.0 Å². The Kier molecular flexibility index (Phi) is 3.95. The molecule has 3 nitrogen and oxygen atoms in total. The molecule has 0 spiro atoms. The molecule has 0 bridgehead atoms. The van der Waals surface area contributed by atoms with Crippen molar-refractivity contribution in [3.63, 3.8) is 0 Å². The zero-order valence-electron chi connectivity index (χ0n) is 9.12. The van der Waals surface area contributed by atoms with E-state index < -0.39 is 9.05 Å². The Morgan fingerprint density at radius 3 is 2.31 bits per heavy atom. The first-order chi connectivity index (χ1) is 7.45. The van der Waals surface area contributed by atoms with Crippen molar-refractivity contribution in [2.75, 3.05) is 0 Å². The minimum atomic E-state index is -3.85. The third kappa shape index (κ3) is 2.37. The number of halogens is 1. The lowest BCUT2D eigenvalue weighted by atomic mass is 9.98. The summed E-state index contributed by atoms with van der Waals surface area (Å²) in [5.41, 5.74) is 1.94. The van der Waals surface area contributed by atoms with E-state index in [4.69, 9.17) is 15.9 Å². The molecular formula is C11H12ClNO2S. The average Bonchev–Trinajstić information content (AvgIpc) is 2.25. The molecule has 5 heteroatoms. The summed E-state index contributed by atoms with van der Waals surface area (Å²) in [5.74, 6) is 0. The summed E-state index contributed by atoms with van der Waals surface area (Å²) in [5, 5.41) is 9.04. The van der Waals surface area contributed by atoms with Crippen LogP contribution in [0.1, 0.15) is 30.5 Å². The van der Waals surface area contributed by atoms with Crippen LogP contribution < -0.4 is 0 Å². The van der Waals surface area contributed by atoms with E-state index >= 15 is 0 Å². The van der Waals surface area contributed by atoms with E-state index in [0.29, 0.717) is 6.42 Å². The number of benzene rings is 1. The lowest BCUT2D eigenvalue weighted by Crippen LogP contribution is -2.03. The Balaban J connectivity index is 3.65. The number of hydrogen-bond donors (Lipinski definition) is 0. The van der Waals surface area contributed by atoms with Crippen molar-refractivity contribution in [2.24, 2.45) is 0 Å². The molecule has 0 saturated carbocycles. The molecule has 0 radical (unpaired) electrons. The van der Waals surface area contributed by atoms with Gasteiger partial charge in [-0.15, -0.1) is 0 Å². The van der Waals surface area contributed by atoms with Crippen molar-refractivity contribution in [1.82, 2.24) is 0 Å². The van der Waals surface area contributed by atoms with Gasteiger partial charge in [0.2, 0.25) is 0 Å². The van der Waals surface area contributed by atoms with Crippen LogP contribution in [0.2, 0.25) is 0 Å². The lowest BCUT2D eigenvalue weighted by Gasteiger charge is -2.10. The van der Waals surface area contributed by atoms with Crippen LogP contribution >= 0.6 is 10.7 Å². The molecule has 0 unspecified atom stereocenters. The molecule has 0 atom stereocenters. The summed E-state index contributed by atoms with van der Waals surface area (Å²) in [4.78, 5) is -0.0919. The molecule has 0 aliphatic heterocycles. The fourth-order valence-electron chi connectivity index (χ4n) is 1.73. The number of aryl methyl sites for hydroxylation is 1. The number of nitriles is 1. The van der Waals surface area contributed by atoms with E-state index in [2.05, 4.69) is 0 Å². The van der Waals surface area contributed by atoms with Gasteiger partial charge >= 0.3 is 0 Å². The van der Waals surface area contributed by atoms with Crippen LogP contribution in [0.3, 0.4) is 0 Å². The molecule has 16 heavy (non-hydrogen) atoms. The van der Waals surface area contributed by atoms with Gasteiger partial charge in [-0.1, -0.05) is 19.9 Å².